The van der Waals surface area contributed by atoms with Gasteiger partial charge in [0.15, 0.2) is 0 Å². The summed E-state index contributed by atoms with van der Waals surface area (Å²) in [5.74, 6) is -8.19. The first-order chi connectivity index (χ1) is 18.9. The zero-order valence-electron chi connectivity index (χ0n) is 22.0. The van der Waals surface area contributed by atoms with Crippen LogP contribution in [0.5, 0.6) is 0 Å². The number of hydrogen-bond donors (Lipinski definition) is 11. The van der Waals surface area contributed by atoms with E-state index in [1.807, 2.05) is 0 Å². The van der Waals surface area contributed by atoms with E-state index >= 15 is 0 Å². The van der Waals surface area contributed by atoms with Gasteiger partial charge in [-0.25, -0.2) is 0 Å². The topological polar surface area (TPSA) is 328 Å². The molecule has 41 heavy (non-hydrogen) atoms. The van der Waals surface area contributed by atoms with Crippen molar-refractivity contribution < 1.29 is 63.9 Å². The maximum atomic E-state index is 11.6. The van der Waals surface area contributed by atoms with Gasteiger partial charge >= 0.3 is 29.8 Å². The third kappa shape index (κ3) is 25.5. The predicted molar refractivity (Wildman–Crippen MR) is 149 cm³/mol. The summed E-state index contributed by atoms with van der Waals surface area (Å²) >= 11 is 7.76. The van der Waals surface area contributed by atoms with Gasteiger partial charge < -0.3 is 48.1 Å². The van der Waals surface area contributed by atoms with Crippen molar-refractivity contribution >= 4 is 72.6 Å². The monoisotopic (exact) mass is 630 g/mol. The van der Waals surface area contributed by atoms with Gasteiger partial charge in [0.2, 0.25) is 5.91 Å². The van der Waals surface area contributed by atoms with Crippen molar-refractivity contribution in [1.29, 1.82) is 0 Å². The Bertz CT molecular complexity index is 905. The molecule has 4 atom stereocenters. The lowest BCUT2D eigenvalue weighted by atomic mass is 9.99. The molecule has 0 radical (unpaired) electrons. The van der Waals surface area contributed by atoms with E-state index < -0.39 is 66.2 Å². The quantitative estimate of drug-likeness (QED) is 0.0667. The van der Waals surface area contributed by atoms with E-state index in [-0.39, 0.29) is 68.1 Å². The van der Waals surface area contributed by atoms with Gasteiger partial charge in [-0.1, -0.05) is 0 Å². The minimum absolute atomic E-state index is 0.00972. The zero-order chi connectivity index (χ0) is 32.7. The molecule has 0 heterocycles. The van der Waals surface area contributed by atoms with Crippen LogP contribution in [-0.4, -0.2) is 110 Å². The van der Waals surface area contributed by atoms with E-state index in [0.717, 1.165) is 0 Å². The molecule has 0 saturated heterocycles. The molecule has 0 aromatic rings. The fraction of sp³-hybridized carbons (Fsp3) is 0.636. The van der Waals surface area contributed by atoms with Crippen LogP contribution in [0.1, 0.15) is 38.5 Å². The number of rotatable bonds is 19. The number of nitrogens with one attached hydrogen (secondary N) is 1. The van der Waals surface area contributed by atoms with Crippen LogP contribution in [0.15, 0.2) is 0 Å². The molecule has 0 spiro atoms. The Labute approximate surface area is 246 Å². The predicted octanol–water partition coefficient (Wildman–Crippen LogP) is -2.32. The summed E-state index contributed by atoms with van der Waals surface area (Å²) in [4.78, 5) is 85.4. The number of nitrogens with two attached hydrogens (primary N) is 3. The van der Waals surface area contributed by atoms with E-state index in [9.17, 15) is 38.4 Å². The number of carbonyl (C=O) groups is 8. The molecule has 0 unspecified atom stereocenters. The lowest BCUT2D eigenvalue weighted by Gasteiger charge is -2.13. The van der Waals surface area contributed by atoms with Crippen molar-refractivity contribution in [2.45, 2.75) is 50.6 Å². The lowest BCUT2D eigenvalue weighted by Crippen LogP contribution is -2.36. The SMILES string of the molecule is NCC(=O)O.N[C@@H](CCC(=O)C[C@@H](CS)C(=O)NCC(=O)O)C(=O)O.N[C@@H](CCC(=O)C[C@@H](CS)C(=O)O)C(=O)O. The Kier molecular flexibility index (Phi) is 25.3. The van der Waals surface area contributed by atoms with Crippen molar-refractivity contribution in [2.24, 2.45) is 29.0 Å². The van der Waals surface area contributed by atoms with Gasteiger partial charge in [0.05, 0.1) is 18.4 Å². The largest absolute Gasteiger partial charge is 0.481 e. The molecule has 0 aliphatic rings. The molecule has 236 valence electrons. The first-order valence-corrected chi connectivity index (χ1v) is 13.1. The summed E-state index contributed by atoms with van der Waals surface area (Å²) in [6.45, 7) is -0.804. The number of ketones is 2. The number of carbonyl (C=O) groups excluding carboxylic acids is 3. The second-order valence-corrected chi connectivity index (χ2v) is 8.99. The lowest BCUT2D eigenvalue weighted by molar-refractivity contribution is -0.143. The highest BCUT2D eigenvalue weighted by molar-refractivity contribution is 7.80. The van der Waals surface area contributed by atoms with Gasteiger partial charge in [0.1, 0.15) is 30.2 Å². The number of aliphatic carboxylic acids is 5. The number of thiol groups is 2. The molecule has 1 amide bonds. The van der Waals surface area contributed by atoms with Crippen LogP contribution >= 0.6 is 25.3 Å². The summed E-state index contributed by atoms with van der Waals surface area (Å²) in [7, 11) is 0. The Morgan fingerprint density at radius 1 is 0.634 bits per heavy atom. The number of hydrogen-bond acceptors (Lipinski definition) is 13. The van der Waals surface area contributed by atoms with Crippen molar-refractivity contribution in [3.8, 4) is 0 Å². The van der Waals surface area contributed by atoms with Crippen molar-refractivity contribution in [2.75, 3.05) is 24.6 Å². The smallest absolute Gasteiger partial charge is 0.322 e. The molecule has 12 N–H and O–H groups in total. The van der Waals surface area contributed by atoms with Gasteiger partial charge in [-0.15, -0.1) is 0 Å². The molecule has 0 rings (SSSR count). The first kappa shape index (κ1) is 42.2. The molecule has 19 heteroatoms. The molecule has 0 saturated carbocycles. The van der Waals surface area contributed by atoms with Crippen LogP contribution in [0.25, 0.3) is 0 Å². The molecule has 0 aromatic heterocycles. The third-order valence-corrected chi connectivity index (χ3v) is 5.68. The second kappa shape index (κ2) is 24.5. The zero-order valence-corrected chi connectivity index (χ0v) is 23.8. The Morgan fingerprint density at radius 3 is 1.27 bits per heavy atom. The summed E-state index contributed by atoms with van der Waals surface area (Å²) in [6.07, 6.45) is -0.321. The van der Waals surface area contributed by atoms with Crippen molar-refractivity contribution in [3.63, 3.8) is 0 Å². The number of carboxylic acids is 5. The van der Waals surface area contributed by atoms with Crippen molar-refractivity contribution in [3.05, 3.63) is 0 Å². The van der Waals surface area contributed by atoms with E-state index in [4.69, 9.17) is 37.0 Å². The Morgan fingerprint density at radius 2 is 1.00 bits per heavy atom. The summed E-state index contributed by atoms with van der Waals surface area (Å²) in [6, 6.07) is -2.20. The van der Waals surface area contributed by atoms with Crippen LogP contribution in [-0.2, 0) is 38.4 Å². The summed E-state index contributed by atoms with van der Waals surface area (Å²) < 4.78 is 0. The third-order valence-electron chi connectivity index (χ3n) is 4.80. The Hall–Kier alpha value is -3.26. The molecular weight excluding hydrogens is 592 g/mol. The minimum Gasteiger partial charge on any atom is -0.481 e. The van der Waals surface area contributed by atoms with Crippen LogP contribution in [0, 0.1) is 11.8 Å². The Balaban J connectivity index is -0.000000614. The van der Waals surface area contributed by atoms with Gasteiger partial charge in [0.25, 0.3) is 0 Å². The van der Waals surface area contributed by atoms with Gasteiger partial charge in [-0.2, -0.15) is 25.3 Å². The normalized spacial score (nSPS) is 12.9. The van der Waals surface area contributed by atoms with Gasteiger partial charge in [-0.3, -0.25) is 38.4 Å². The molecule has 0 aliphatic heterocycles. The van der Waals surface area contributed by atoms with Crippen LogP contribution < -0.4 is 22.5 Å². The highest BCUT2D eigenvalue weighted by Gasteiger charge is 2.22. The van der Waals surface area contributed by atoms with Gasteiger partial charge in [-0.05, 0) is 12.8 Å². The van der Waals surface area contributed by atoms with E-state index in [0.29, 0.717) is 0 Å². The fourth-order valence-corrected chi connectivity index (χ4v) is 2.99. The van der Waals surface area contributed by atoms with Crippen LogP contribution in [0.4, 0.5) is 0 Å². The van der Waals surface area contributed by atoms with Crippen LogP contribution in [0.2, 0.25) is 0 Å². The van der Waals surface area contributed by atoms with Gasteiger partial charge in [0, 0.05) is 37.2 Å². The maximum Gasteiger partial charge on any atom is 0.322 e. The molecule has 0 fully saturated rings. The van der Waals surface area contributed by atoms with E-state index in [1.165, 1.54) is 0 Å². The maximum absolute atomic E-state index is 11.6. The van der Waals surface area contributed by atoms with Crippen molar-refractivity contribution in [1.82, 2.24) is 5.32 Å². The average molecular weight is 631 g/mol. The highest BCUT2D eigenvalue weighted by Crippen LogP contribution is 2.11. The second-order valence-electron chi connectivity index (χ2n) is 8.26. The average Bonchev–Trinajstić information content (AvgIpc) is 2.90. The molecule has 0 bridgehead atoms. The van der Waals surface area contributed by atoms with E-state index in [2.05, 4.69) is 36.3 Å². The molecule has 0 aromatic carbocycles. The standard InChI is InChI=1S/C11H18N2O6S.C9H15NO5S.C2H5NO2/c12-8(11(18)19)2-1-7(14)3-6(5-20)10(17)13-4-9(15)16;10-7(9(14)15)2-1-6(11)3-5(4-16)8(12)13;3-1-2(4)5/h6,8,20H,1-5,12H2,(H,13,17)(H,15,16)(H,18,19);5,7,16H,1-4,10H2,(H,12,13)(H,14,15);1,3H2,(H,4,5)/t6-,8-;5-,7-;/m00./s1. The van der Waals surface area contributed by atoms with E-state index in [1.54, 1.807) is 0 Å². The molecule has 17 nitrogen and oxygen atoms in total. The van der Waals surface area contributed by atoms with Crippen LogP contribution in [0.3, 0.4) is 0 Å². The highest BCUT2D eigenvalue weighted by atomic mass is 32.1. The number of amides is 1. The number of Topliss-reactive ketones (excluding diaryl/α,β-unsaturated/α-hetero) is 2. The first-order valence-electron chi connectivity index (χ1n) is 11.8. The molecule has 0 aliphatic carbocycles. The summed E-state index contributed by atoms with van der Waals surface area (Å²) in [5, 5.41) is 43.9. The number of carboxylic acid groups (broad SMARTS) is 5. The minimum atomic E-state index is -1.19. The summed E-state index contributed by atoms with van der Waals surface area (Å²) in [5.41, 5.74) is 15.0. The fourth-order valence-electron chi connectivity index (χ4n) is 2.41. The molecular formula is C22H38N4O13S2.